The van der Waals surface area contributed by atoms with E-state index in [-0.39, 0.29) is 11.4 Å². The van der Waals surface area contributed by atoms with Gasteiger partial charge in [-0.2, -0.15) is 0 Å². The van der Waals surface area contributed by atoms with Gasteiger partial charge in [-0.25, -0.2) is 4.79 Å². The molecule has 1 heterocycles. The summed E-state index contributed by atoms with van der Waals surface area (Å²) in [5.41, 5.74) is 1.08. The second-order valence-electron chi connectivity index (χ2n) is 6.13. The van der Waals surface area contributed by atoms with Crippen LogP contribution in [-0.2, 0) is 4.74 Å². The Morgan fingerprint density at radius 2 is 2.10 bits per heavy atom. The molecule has 0 bridgehead atoms. The number of ether oxygens (including phenoxy) is 1. The van der Waals surface area contributed by atoms with Gasteiger partial charge in [0.1, 0.15) is 0 Å². The molecular weight excluding hydrogens is 284 g/mol. The maximum atomic E-state index is 12.2. The number of anilines is 1. The minimum Gasteiger partial charge on any atom is -0.384 e. The van der Waals surface area contributed by atoms with Crippen LogP contribution in [0.4, 0.5) is 10.5 Å². The number of urea groups is 1. The number of hydrogen-bond acceptors (Lipinski definition) is 3. The molecule has 0 unspecified atom stereocenters. The van der Waals surface area contributed by atoms with Crippen molar-refractivity contribution in [3.05, 3.63) is 24.3 Å². The molecule has 1 aliphatic rings. The van der Waals surface area contributed by atoms with E-state index >= 15 is 0 Å². The molecule has 0 saturated carbocycles. The Kier molecular flexibility index (Phi) is 5.53. The Hall–Kier alpha value is -1.20. The zero-order valence-corrected chi connectivity index (χ0v) is 13.8. The van der Waals surface area contributed by atoms with Crippen LogP contribution in [0.5, 0.6) is 0 Å². The predicted octanol–water partition coefficient (Wildman–Crippen LogP) is 3.69. The molecule has 1 aromatic carbocycles. The molecular formula is C16H24N2O2S. The molecule has 0 atom stereocenters. The first-order valence-electron chi connectivity index (χ1n) is 7.28. The number of carbonyl (C=O) groups excluding carboxylic acids is 1. The highest BCUT2D eigenvalue weighted by Crippen LogP contribution is 2.29. The van der Waals surface area contributed by atoms with Crippen LogP contribution >= 0.6 is 11.8 Å². The fourth-order valence-electron chi connectivity index (χ4n) is 2.37. The van der Waals surface area contributed by atoms with Crippen molar-refractivity contribution in [1.29, 1.82) is 0 Å². The van der Waals surface area contributed by atoms with Crippen LogP contribution in [-0.4, -0.2) is 43.5 Å². The number of likely N-dealkylation sites (tertiary alicyclic amines) is 1. The van der Waals surface area contributed by atoms with Gasteiger partial charge in [-0.05, 0) is 36.1 Å². The van der Waals surface area contributed by atoms with Crippen LogP contribution in [0.25, 0.3) is 0 Å². The molecule has 5 heteroatoms. The van der Waals surface area contributed by atoms with Gasteiger partial charge in [-0.15, -0.1) is 11.8 Å². The van der Waals surface area contributed by atoms with Crippen LogP contribution in [0.15, 0.2) is 29.2 Å². The summed E-state index contributed by atoms with van der Waals surface area (Å²) in [6, 6.07) is 7.97. The van der Waals surface area contributed by atoms with E-state index in [4.69, 9.17) is 4.74 Å². The lowest BCUT2D eigenvalue weighted by molar-refractivity contribution is 0.217. The Morgan fingerprint density at radius 1 is 1.38 bits per heavy atom. The van der Waals surface area contributed by atoms with Crippen LogP contribution in [0.1, 0.15) is 20.3 Å². The maximum Gasteiger partial charge on any atom is 0.321 e. The molecule has 2 rings (SSSR count). The lowest BCUT2D eigenvalue weighted by Crippen LogP contribution is -2.34. The monoisotopic (exact) mass is 308 g/mol. The molecule has 1 N–H and O–H groups in total. The minimum atomic E-state index is 0.000334. The lowest BCUT2D eigenvalue weighted by Gasteiger charge is -2.20. The van der Waals surface area contributed by atoms with E-state index in [0.29, 0.717) is 0 Å². The first kappa shape index (κ1) is 16.2. The fourth-order valence-corrected chi connectivity index (χ4v) is 3.18. The van der Waals surface area contributed by atoms with Gasteiger partial charge < -0.3 is 15.0 Å². The van der Waals surface area contributed by atoms with Crippen molar-refractivity contribution in [3.63, 3.8) is 0 Å². The summed E-state index contributed by atoms with van der Waals surface area (Å²) in [7, 11) is 1.71. The highest BCUT2D eigenvalue weighted by Gasteiger charge is 2.31. The topological polar surface area (TPSA) is 41.6 Å². The minimum absolute atomic E-state index is 0.000334. The third-order valence-electron chi connectivity index (χ3n) is 3.63. The Balaban J connectivity index is 1.84. The number of benzene rings is 1. The average Bonchev–Trinajstić information content (AvgIpc) is 2.81. The van der Waals surface area contributed by atoms with Gasteiger partial charge >= 0.3 is 6.03 Å². The van der Waals surface area contributed by atoms with Gasteiger partial charge in [0.15, 0.2) is 0 Å². The number of hydrogen-bond donors (Lipinski definition) is 1. The van der Waals surface area contributed by atoms with E-state index in [0.717, 1.165) is 37.6 Å². The quantitative estimate of drug-likeness (QED) is 0.666. The zero-order valence-electron chi connectivity index (χ0n) is 13.0. The largest absolute Gasteiger partial charge is 0.384 e. The summed E-state index contributed by atoms with van der Waals surface area (Å²) in [5.74, 6) is 0.936. The molecule has 1 fully saturated rings. The van der Waals surface area contributed by atoms with Gasteiger partial charge in [0, 0.05) is 36.5 Å². The van der Waals surface area contributed by atoms with E-state index in [9.17, 15) is 4.79 Å². The van der Waals surface area contributed by atoms with Crippen LogP contribution in [0, 0.1) is 5.41 Å². The first-order valence-corrected chi connectivity index (χ1v) is 8.26. The molecule has 0 radical (unpaired) electrons. The Bertz CT molecular complexity index is 474. The van der Waals surface area contributed by atoms with Crippen molar-refractivity contribution in [2.24, 2.45) is 5.41 Å². The summed E-state index contributed by atoms with van der Waals surface area (Å²) >= 11 is 1.75. The second-order valence-corrected chi connectivity index (χ2v) is 7.30. The number of rotatable bonds is 5. The number of thioether (sulfide) groups is 1. The van der Waals surface area contributed by atoms with Crippen molar-refractivity contribution < 1.29 is 9.53 Å². The molecule has 0 spiro atoms. The van der Waals surface area contributed by atoms with Crippen molar-refractivity contribution in [3.8, 4) is 0 Å². The molecule has 0 aromatic heterocycles. The molecule has 2 amide bonds. The average molecular weight is 308 g/mol. The maximum absolute atomic E-state index is 12.2. The number of methoxy groups -OCH3 is 1. The summed E-state index contributed by atoms with van der Waals surface area (Å²) in [6.07, 6.45) is 1.06. The SMILES string of the molecule is COCCSc1ccc(NC(=O)N2CCC(C)(C)C2)cc1. The highest BCUT2D eigenvalue weighted by atomic mass is 32.2. The molecule has 1 saturated heterocycles. The van der Waals surface area contributed by atoms with E-state index in [1.54, 1.807) is 18.9 Å². The summed E-state index contributed by atoms with van der Waals surface area (Å²) in [4.78, 5) is 15.3. The second kappa shape index (κ2) is 7.18. The van der Waals surface area contributed by atoms with Gasteiger partial charge in [0.25, 0.3) is 0 Å². The van der Waals surface area contributed by atoms with E-state index in [1.807, 2.05) is 29.2 Å². The summed E-state index contributed by atoms with van der Waals surface area (Å²) < 4.78 is 5.03. The number of amides is 2. The van der Waals surface area contributed by atoms with Gasteiger partial charge in [-0.1, -0.05) is 13.8 Å². The molecule has 0 aliphatic carbocycles. The number of carbonyl (C=O) groups is 1. The van der Waals surface area contributed by atoms with Crippen LogP contribution < -0.4 is 5.32 Å². The molecule has 116 valence electrons. The summed E-state index contributed by atoms with van der Waals surface area (Å²) in [5, 5.41) is 2.97. The van der Waals surface area contributed by atoms with Gasteiger partial charge in [0.05, 0.1) is 6.61 Å². The Morgan fingerprint density at radius 3 is 2.67 bits per heavy atom. The first-order chi connectivity index (χ1) is 10.00. The van der Waals surface area contributed by atoms with Crippen molar-refractivity contribution in [2.75, 3.05) is 37.9 Å². The highest BCUT2D eigenvalue weighted by molar-refractivity contribution is 7.99. The molecule has 21 heavy (non-hydrogen) atoms. The summed E-state index contributed by atoms with van der Waals surface area (Å²) in [6.45, 7) is 6.81. The van der Waals surface area contributed by atoms with Crippen molar-refractivity contribution in [2.45, 2.75) is 25.2 Å². The molecule has 1 aliphatic heterocycles. The van der Waals surface area contributed by atoms with E-state index in [2.05, 4.69) is 19.2 Å². The van der Waals surface area contributed by atoms with Crippen molar-refractivity contribution >= 4 is 23.5 Å². The third kappa shape index (κ3) is 4.93. The fraction of sp³-hybridized carbons (Fsp3) is 0.562. The number of nitrogens with zero attached hydrogens (tertiary/aromatic N) is 1. The zero-order chi connectivity index (χ0) is 15.3. The van der Waals surface area contributed by atoms with Crippen molar-refractivity contribution in [1.82, 2.24) is 4.90 Å². The lowest BCUT2D eigenvalue weighted by atomic mass is 9.93. The standard InChI is InChI=1S/C16H24N2O2S/c1-16(2)8-9-18(12-16)15(19)17-13-4-6-14(7-5-13)21-11-10-20-3/h4-7H,8-12H2,1-3H3,(H,17,19). The van der Waals surface area contributed by atoms with E-state index < -0.39 is 0 Å². The Labute approximate surface area is 131 Å². The molecule has 4 nitrogen and oxygen atoms in total. The van der Waals surface area contributed by atoms with Crippen LogP contribution in [0.2, 0.25) is 0 Å². The van der Waals surface area contributed by atoms with E-state index in [1.165, 1.54) is 4.90 Å². The van der Waals surface area contributed by atoms with Crippen LogP contribution in [0.3, 0.4) is 0 Å². The smallest absolute Gasteiger partial charge is 0.321 e. The number of nitrogens with one attached hydrogen (secondary N) is 1. The third-order valence-corrected chi connectivity index (χ3v) is 4.60. The normalized spacial score (nSPS) is 17.0. The molecule has 1 aromatic rings. The van der Waals surface area contributed by atoms with Gasteiger partial charge in [0.2, 0.25) is 0 Å². The van der Waals surface area contributed by atoms with Gasteiger partial charge in [-0.3, -0.25) is 0 Å². The predicted molar refractivity (Wildman–Crippen MR) is 88.0 cm³/mol.